The van der Waals surface area contributed by atoms with Crippen LogP contribution in [0.3, 0.4) is 0 Å². The molecular formula is C15H29NO6. The molecule has 2 N–H and O–H groups in total. The highest BCUT2D eigenvalue weighted by atomic mass is 16.7. The van der Waals surface area contributed by atoms with Gasteiger partial charge in [0, 0.05) is 0 Å². The van der Waals surface area contributed by atoms with Crippen LogP contribution in [-0.4, -0.2) is 69.5 Å². The molecule has 2 aliphatic rings. The van der Waals surface area contributed by atoms with Crippen molar-refractivity contribution in [1.82, 2.24) is 0 Å². The minimum absolute atomic E-state index is 0.0822. The van der Waals surface area contributed by atoms with Crippen molar-refractivity contribution < 1.29 is 28.4 Å². The first kappa shape index (κ1) is 18.1. The van der Waals surface area contributed by atoms with Crippen molar-refractivity contribution in [3.05, 3.63) is 0 Å². The molecule has 7 heteroatoms. The topological polar surface area (TPSA) is 81.4 Å². The second kappa shape index (κ2) is 7.53. The van der Waals surface area contributed by atoms with Crippen molar-refractivity contribution in [3.8, 4) is 0 Å². The molecule has 0 aliphatic carbocycles. The van der Waals surface area contributed by atoms with Crippen LogP contribution in [0.5, 0.6) is 0 Å². The summed E-state index contributed by atoms with van der Waals surface area (Å²) in [6.07, 6.45) is -0.164. The fourth-order valence-corrected chi connectivity index (χ4v) is 2.11. The SMILES string of the molecule is CC1(C)OCC(OCC(N)COC2COC(C)(C)OC2)CO1. The van der Waals surface area contributed by atoms with E-state index in [0.29, 0.717) is 39.6 Å². The van der Waals surface area contributed by atoms with E-state index in [9.17, 15) is 0 Å². The van der Waals surface area contributed by atoms with Crippen molar-refractivity contribution >= 4 is 0 Å². The minimum Gasteiger partial charge on any atom is -0.372 e. The third-order valence-electron chi connectivity index (χ3n) is 3.56. The predicted molar refractivity (Wildman–Crippen MR) is 79.4 cm³/mol. The second-order valence-electron chi connectivity index (χ2n) is 6.71. The quantitative estimate of drug-likeness (QED) is 0.770. The Morgan fingerprint density at radius 2 is 1.14 bits per heavy atom. The smallest absolute Gasteiger partial charge is 0.163 e. The highest BCUT2D eigenvalue weighted by Gasteiger charge is 2.30. The van der Waals surface area contributed by atoms with E-state index < -0.39 is 11.6 Å². The number of rotatable bonds is 6. The largest absolute Gasteiger partial charge is 0.372 e. The molecule has 0 amide bonds. The van der Waals surface area contributed by atoms with Gasteiger partial charge in [0.1, 0.15) is 12.2 Å². The summed E-state index contributed by atoms with van der Waals surface area (Å²) in [5.41, 5.74) is 6.00. The first-order valence-corrected chi connectivity index (χ1v) is 7.80. The zero-order valence-corrected chi connectivity index (χ0v) is 14.0. The van der Waals surface area contributed by atoms with Gasteiger partial charge < -0.3 is 34.2 Å². The van der Waals surface area contributed by atoms with Crippen LogP contribution >= 0.6 is 0 Å². The van der Waals surface area contributed by atoms with Gasteiger partial charge in [0.2, 0.25) is 0 Å². The Balaban J connectivity index is 1.56. The van der Waals surface area contributed by atoms with E-state index in [1.165, 1.54) is 0 Å². The molecule has 130 valence electrons. The van der Waals surface area contributed by atoms with E-state index >= 15 is 0 Å². The van der Waals surface area contributed by atoms with Gasteiger partial charge in [0.25, 0.3) is 0 Å². The predicted octanol–water partition coefficient (Wildman–Crippen LogP) is 0.650. The van der Waals surface area contributed by atoms with Gasteiger partial charge in [-0.25, -0.2) is 0 Å². The van der Waals surface area contributed by atoms with Crippen LogP contribution in [0.15, 0.2) is 0 Å². The molecule has 0 aromatic carbocycles. The van der Waals surface area contributed by atoms with E-state index in [1.807, 2.05) is 27.7 Å². The average molecular weight is 319 g/mol. The van der Waals surface area contributed by atoms with Crippen molar-refractivity contribution in [2.24, 2.45) is 5.73 Å². The number of ether oxygens (including phenoxy) is 6. The minimum atomic E-state index is -0.528. The van der Waals surface area contributed by atoms with E-state index in [2.05, 4.69) is 0 Å². The van der Waals surface area contributed by atoms with Gasteiger partial charge >= 0.3 is 0 Å². The lowest BCUT2D eigenvalue weighted by Crippen LogP contribution is -2.46. The van der Waals surface area contributed by atoms with Crippen LogP contribution in [0.25, 0.3) is 0 Å². The molecule has 2 heterocycles. The molecule has 0 radical (unpaired) electrons. The summed E-state index contributed by atoms with van der Waals surface area (Å²) in [5, 5.41) is 0. The Bertz CT molecular complexity index is 297. The summed E-state index contributed by atoms with van der Waals surface area (Å²) in [6, 6.07) is -0.204. The van der Waals surface area contributed by atoms with Gasteiger partial charge in [0.05, 0.1) is 45.7 Å². The highest BCUT2D eigenvalue weighted by molar-refractivity contribution is 4.71. The molecule has 0 atom stereocenters. The second-order valence-corrected chi connectivity index (χ2v) is 6.71. The van der Waals surface area contributed by atoms with Crippen molar-refractivity contribution in [1.29, 1.82) is 0 Å². The fraction of sp³-hybridized carbons (Fsp3) is 1.00. The lowest BCUT2D eigenvalue weighted by atomic mass is 10.3. The summed E-state index contributed by atoms with van der Waals surface area (Å²) in [4.78, 5) is 0. The standard InChI is InChI=1S/C15H29NO6/c1-14(2)19-7-12(8-20-14)17-5-11(16)6-18-13-9-21-15(3,4)22-10-13/h11-13H,5-10,16H2,1-4H3. The van der Waals surface area contributed by atoms with Crippen LogP contribution in [0.2, 0.25) is 0 Å². The highest BCUT2D eigenvalue weighted by Crippen LogP contribution is 2.19. The van der Waals surface area contributed by atoms with Crippen LogP contribution in [0.1, 0.15) is 27.7 Å². The van der Waals surface area contributed by atoms with Crippen molar-refractivity contribution in [2.45, 2.75) is 57.5 Å². The first-order chi connectivity index (χ1) is 10.3. The Morgan fingerprint density at radius 1 is 0.818 bits per heavy atom. The molecular weight excluding hydrogens is 290 g/mol. The maximum atomic E-state index is 6.00. The Kier molecular flexibility index (Phi) is 6.18. The molecule has 7 nitrogen and oxygen atoms in total. The number of nitrogens with two attached hydrogens (primary N) is 1. The van der Waals surface area contributed by atoms with Crippen molar-refractivity contribution in [2.75, 3.05) is 39.6 Å². The molecule has 0 bridgehead atoms. The molecule has 0 aromatic heterocycles. The third-order valence-corrected chi connectivity index (χ3v) is 3.56. The van der Waals surface area contributed by atoms with Gasteiger partial charge in [-0.05, 0) is 27.7 Å². The van der Waals surface area contributed by atoms with Gasteiger partial charge in [-0.15, -0.1) is 0 Å². The summed E-state index contributed by atoms with van der Waals surface area (Å²) < 4.78 is 33.5. The molecule has 2 saturated heterocycles. The Labute approximate surface area is 132 Å². The van der Waals surface area contributed by atoms with E-state index in [-0.39, 0.29) is 18.2 Å². The zero-order valence-electron chi connectivity index (χ0n) is 14.0. The lowest BCUT2D eigenvalue weighted by molar-refractivity contribution is -0.283. The van der Waals surface area contributed by atoms with Gasteiger partial charge in [-0.2, -0.15) is 0 Å². The zero-order chi connectivity index (χ0) is 16.2. The molecule has 22 heavy (non-hydrogen) atoms. The van der Waals surface area contributed by atoms with Gasteiger partial charge in [0.15, 0.2) is 11.6 Å². The van der Waals surface area contributed by atoms with Crippen LogP contribution in [0.4, 0.5) is 0 Å². The van der Waals surface area contributed by atoms with E-state index in [0.717, 1.165) is 0 Å². The molecule has 2 fully saturated rings. The van der Waals surface area contributed by atoms with Gasteiger partial charge in [-0.3, -0.25) is 0 Å². The summed E-state index contributed by atoms with van der Waals surface area (Å²) >= 11 is 0. The molecule has 0 aromatic rings. The Morgan fingerprint density at radius 3 is 1.45 bits per heavy atom. The van der Waals surface area contributed by atoms with Crippen molar-refractivity contribution in [3.63, 3.8) is 0 Å². The maximum Gasteiger partial charge on any atom is 0.163 e. The van der Waals surface area contributed by atoms with Crippen LogP contribution < -0.4 is 5.73 Å². The molecule has 2 rings (SSSR count). The first-order valence-electron chi connectivity index (χ1n) is 7.80. The number of hydrogen-bond donors (Lipinski definition) is 1. The van der Waals surface area contributed by atoms with Crippen LogP contribution in [-0.2, 0) is 28.4 Å². The van der Waals surface area contributed by atoms with Crippen LogP contribution in [0, 0.1) is 0 Å². The molecule has 0 spiro atoms. The maximum absolute atomic E-state index is 6.00. The molecule has 0 saturated carbocycles. The summed E-state index contributed by atoms with van der Waals surface area (Å²) in [5.74, 6) is -1.06. The Hall–Kier alpha value is -0.280. The summed E-state index contributed by atoms with van der Waals surface area (Å²) in [6.45, 7) is 10.4. The average Bonchev–Trinajstić information content (AvgIpc) is 2.45. The summed E-state index contributed by atoms with van der Waals surface area (Å²) in [7, 11) is 0. The molecule has 2 aliphatic heterocycles. The fourth-order valence-electron chi connectivity index (χ4n) is 2.11. The number of hydrogen-bond acceptors (Lipinski definition) is 7. The van der Waals surface area contributed by atoms with E-state index in [4.69, 9.17) is 34.2 Å². The molecule has 0 unspecified atom stereocenters. The monoisotopic (exact) mass is 319 g/mol. The normalized spacial score (nSPS) is 26.5. The van der Waals surface area contributed by atoms with Gasteiger partial charge in [-0.1, -0.05) is 0 Å². The lowest BCUT2D eigenvalue weighted by Gasteiger charge is -2.36. The van der Waals surface area contributed by atoms with E-state index in [1.54, 1.807) is 0 Å². The third kappa shape index (κ3) is 6.08.